The molecule has 0 amide bonds. The second-order valence-electron chi connectivity index (χ2n) is 3.33. The molecule has 0 aromatic heterocycles. The lowest BCUT2D eigenvalue weighted by Gasteiger charge is -2.14. The number of aromatic hydroxyl groups is 1. The first kappa shape index (κ1) is 11.3. The van der Waals surface area contributed by atoms with Crippen molar-refractivity contribution in [3.63, 3.8) is 0 Å². The van der Waals surface area contributed by atoms with E-state index in [1.807, 2.05) is 13.0 Å². The van der Waals surface area contributed by atoms with E-state index >= 15 is 0 Å². The van der Waals surface area contributed by atoms with Crippen molar-refractivity contribution in [2.75, 3.05) is 6.54 Å². The molecule has 78 valence electrons. The van der Waals surface area contributed by atoms with Gasteiger partial charge in [-0.2, -0.15) is 0 Å². The standard InChI is InChI=1S/C10H15ClN2O/c1-6-2-7(4-11)3-8(10(6)14)9(13)5-12/h2-3,9,14H,4-5,12-13H2,1H3/t9-/m1/s1. The second-order valence-corrected chi connectivity index (χ2v) is 3.59. The number of alkyl halides is 1. The molecule has 5 N–H and O–H groups in total. The van der Waals surface area contributed by atoms with Crippen LogP contribution in [0.3, 0.4) is 0 Å². The summed E-state index contributed by atoms with van der Waals surface area (Å²) in [6.45, 7) is 2.12. The van der Waals surface area contributed by atoms with E-state index in [2.05, 4.69) is 0 Å². The van der Waals surface area contributed by atoms with E-state index in [1.165, 1.54) is 0 Å². The molecule has 0 aliphatic carbocycles. The molecule has 0 spiro atoms. The SMILES string of the molecule is Cc1cc(CCl)cc([C@H](N)CN)c1O. The van der Waals surface area contributed by atoms with Gasteiger partial charge in [0.25, 0.3) is 0 Å². The third-order valence-electron chi connectivity index (χ3n) is 2.20. The minimum Gasteiger partial charge on any atom is -0.507 e. The topological polar surface area (TPSA) is 72.3 Å². The van der Waals surface area contributed by atoms with E-state index in [0.717, 1.165) is 11.1 Å². The first-order valence-corrected chi connectivity index (χ1v) is 4.97. The maximum absolute atomic E-state index is 9.74. The Balaban J connectivity index is 3.20. The highest BCUT2D eigenvalue weighted by Crippen LogP contribution is 2.28. The third-order valence-corrected chi connectivity index (χ3v) is 2.51. The van der Waals surface area contributed by atoms with Gasteiger partial charge in [-0.05, 0) is 24.1 Å². The quantitative estimate of drug-likeness (QED) is 0.666. The molecule has 0 unspecified atom stereocenters. The van der Waals surface area contributed by atoms with Gasteiger partial charge in [-0.15, -0.1) is 11.6 Å². The Hall–Kier alpha value is -0.770. The summed E-state index contributed by atoms with van der Waals surface area (Å²) in [5.41, 5.74) is 13.6. The molecule has 14 heavy (non-hydrogen) atoms. The first-order chi connectivity index (χ1) is 6.60. The van der Waals surface area contributed by atoms with E-state index < -0.39 is 0 Å². The fourth-order valence-corrected chi connectivity index (χ4v) is 1.52. The van der Waals surface area contributed by atoms with Crippen molar-refractivity contribution in [1.82, 2.24) is 0 Å². The van der Waals surface area contributed by atoms with E-state index in [-0.39, 0.29) is 11.8 Å². The van der Waals surface area contributed by atoms with E-state index in [0.29, 0.717) is 18.0 Å². The predicted molar refractivity (Wildman–Crippen MR) is 58.4 cm³/mol. The third kappa shape index (κ3) is 2.18. The average Bonchev–Trinajstić information content (AvgIpc) is 2.20. The Morgan fingerprint density at radius 1 is 1.50 bits per heavy atom. The lowest BCUT2D eigenvalue weighted by atomic mass is 10.0. The number of phenols is 1. The molecular formula is C10H15ClN2O. The number of hydrogen-bond acceptors (Lipinski definition) is 3. The van der Waals surface area contributed by atoms with Crippen LogP contribution >= 0.6 is 11.6 Å². The molecule has 4 heteroatoms. The number of rotatable bonds is 3. The molecule has 0 fully saturated rings. The summed E-state index contributed by atoms with van der Waals surface area (Å²) in [7, 11) is 0. The number of hydrogen-bond donors (Lipinski definition) is 3. The van der Waals surface area contributed by atoms with Crippen molar-refractivity contribution in [2.24, 2.45) is 11.5 Å². The molecule has 1 atom stereocenters. The van der Waals surface area contributed by atoms with E-state index in [1.54, 1.807) is 6.07 Å². The molecule has 1 aromatic carbocycles. The van der Waals surface area contributed by atoms with Gasteiger partial charge in [0.05, 0.1) is 0 Å². The van der Waals surface area contributed by atoms with Crippen LogP contribution in [0.15, 0.2) is 12.1 Å². The van der Waals surface area contributed by atoms with Crippen LogP contribution in [0.1, 0.15) is 22.7 Å². The fraction of sp³-hybridized carbons (Fsp3) is 0.400. The Morgan fingerprint density at radius 2 is 2.14 bits per heavy atom. The molecule has 0 radical (unpaired) electrons. The van der Waals surface area contributed by atoms with Crippen molar-refractivity contribution >= 4 is 11.6 Å². The van der Waals surface area contributed by atoms with Gasteiger partial charge < -0.3 is 16.6 Å². The van der Waals surface area contributed by atoms with Crippen molar-refractivity contribution in [3.8, 4) is 5.75 Å². The van der Waals surface area contributed by atoms with Crippen LogP contribution in [0.25, 0.3) is 0 Å². The van der Waals surface area contributed by atoms with Gasteiger partial charge in [0.1, 0.15) is 5.75 Å². The van der Waals surface area contributed by atoms with Gasteiger partial charge in [-0.1, -0.05) is 6.07 Å². The van der Waals surface area contributed by atoms with E-state index in [9.17, 15) is 5.11 Å². The zero-order valence-electron chi connectivity index (χ0n) is 8.13. The van der Waals surface area contributed by atoms with Crippen LogP contribution in [0.2, 0.25) is 0 Å². The second kappa shape index (κ2) is 4.64. The molecule has 1 rings (SSSR count). The Kier molecular flexibility index (Phi) is 3.75. The highest BCUT2D eigenvalue weighted by Gasteiger charge is 2.12. The van der Waals surface area contributed by atoms with Crippen LogP contribution in [0.5, 0.6) is 5.75 Å². The van der Waals surface area contributed by atoms with Gasteiger partial charge in [-0.3, -0.25) is 0 Å². The minimum absolute atomic E-state index is 0.219. The Bertz CT molecular complexity index is 328. The number of halogens is 1. The maximum Gasteiger partial charge on any atom is 0.123 e. The van der Waals surface area contributed by atoms with Crippen molar-refractivity contribution in [3.05, 3.63) is 28.8 Å². The van der Waals surface area contributed by atoms with Crippen molar-refractivity contribution in [1.29, 1.82) is 0 Å². The lowest BCUT2D eigenvalue weighted by Crippen LogP contribution is -2.21. The highest BCUT2D eigenvalue weighted by molar-refractivity contribution is 6.17. The molecule has 1 aromatic rings. The summed E-state index contributed by atoms with van der Waals surface area (Å²) >= 11 is 5.72. The molecule has 0 saturated carbocycles. The fourth-order valence-electron chi connectivity index (χ4n) is 1.37. The molecular weight excluding hydrogens is 200 g/mol. The van der Waals surface area contributed by atoms with Crippen molar-refractivity contribution in [2.45, 2.75) is 18.8 Å². The zero-order chi connectivity index (χ0) is 10.7. The summed E-state index contributed by atoms with van der Waals surface area (Å²) in [6, 6.07) is 3.30. The monoisotopic (exact) mass is 214 g/mol. The molecule has 3 nitrogen and oxygen atoms in total. The number of benzene rings is 1. The highest BCUT2D eigenvalue weighted by atomic mass is 35.5. The summed E-state index contributed by atoms with van der Waals surface area (Å²) in [5, 5.41) is 9.74. The minimum atomic E-state index is -0.336. The Labute approximate surface area is 88.7 Å². The van der Waals surface area contributed by atoms with Gasteiger partial charge in [0.2, 0.25) is 0 Å². The largest absolute Gasteiger partial charge is 0.507 e. The zero-order valence-corrected chi connectivity index (χ0v) is 8.88. The summed E-state index contributed by atoms with van der Waals surface area (Å²) in [5.74, 6) is 0.627. The van der Waals surface area contributed by atoms with Crippen LogP contribution < -0.4 is 11.5 Å². The summed E-state index contributed by atoms with van der Waals surface area (Å²) in [4.78, 5) is 0. The lowest BCUT2D eigenvalue weighted by molar-refractivity contribution is 0.457. The molecule has 0 bridgehead atoms. The average molecular weight is 215 g/mol. The Morgan fingerprint density at radius 3 is 2.64 bits per heavy atom. The van der Waals surface area contributed by atoms with Gasteiger partial charge >= 0.3 is 0 Å². The maximum atomic E-state index is 9.74. The van der Waals surface area contributed by atoms with Crippen LogP contribution in [-0.4, -0.2) is 11.7 Å². The predicted octanol–water partition coefficient (Wildman–Crippen LogP) is 1.40. The van der Waals surface area contributed by atoms with Crippen LogP contribution in [0.4, 0.5) is 0 Å². The summed E-state index contributed by atoms with van der Waals surface area (Å²) in [6.07, 6.45) is 0. The van der Waals surface area contributed by atoms with Crippen LogP contribution in [-0.2, 0) is 5.88 Å². The number of aryl methyl sites for hydroxylation is 1. The van der Waals surface area contributed by atoms with Gasteiger partial charge in [0.15, 0.2) is 0 Å². The molecule has 0 aliphatic heterocycles. The number of phenolic OH excluding ortho intramolecular Hbond substituents is 1. The van der Waals surface area contributed by atoms with Crippen LogP contribution in [0, 0.1) is 6.92 Å². The summed E-state index contributed by atoms with van der Waals surface area (Å²) < 4.78 is 0. The first-order valence-electron chi connectivity index (χ1n) is 4.44. The smallest absolute Gasteiger partial charge is 0.123 e. The number of nitrogens with two attached hydrogens (primary N) is 2. The molecule has 0 saturated heterocycles. The normalized spacial score (nSPS) is 12.9. The molecule has 0 aliphatic rings. The molecule has 0 heterocycles. The van der Waals surface area contributed by atoms with Gasteiger partial charge in [-0.25, -0.2) is 0 Å². The van der Waals surface area contributed by atoms with E-state index in [4.69, 9.17) is 23.1 Å². The van der Waals surface area contributed by atoms with Crippen molar-refractivity contribution < 1.29 is 5.11 Å². The van der Waals surface area contributed by atoms with Gasteiger partial charge in [0, 0.05) is 24.0 Å².